The topological polar surface area (TPSA) is 67.8 Å². The Kier molecular flexibility index (Phi) is 7.11. The molecule has 0 aromatic heterocycles. The van der Waals surface area contributed by atoms with Crippen molar-refractivity contribution < 1.29 is 19.4 Å². The number of carbonyl (C=O) groups is 1. The lowest BCUT2D eigenvalue weighted by Gasteiger charge is -2.16. The number of amides is 1. The Balaban J connectivity index is 1.81. The van der Waals surface area contributed by atoms with E-state index in [0.717, 1.165) is 16.9 Å². The average molecular weight is 329 g/mol. The van der Waals surface area contributed by atoms with E-state index in [1.54, 1.807) is 0 Å². The van der Waals surface area contributed by atoms with Crippen LogP contribution in [0.1, 0.15) is 18.1 Å². The minimum absolute atomic E-state index is 0.159. The molecule has 0 aliphatic carbocycles. The molecular weight excluding hydrogens is 306 g/mol. The van der Waals surface area contributed by atoms with Crippen molar-refractivity contribution in [2.45, 2.75) is 26.0 Å². The summed E-state index contributed by atoms with van der Waals surface area (Å²) >= 11 is 0. The van der Waals surface area contributed by atoms with Gasteiger partial charge in [0, 0.05) is 0 Å². The summed E-state index contributed by atoms with van der Waals surface area (Å²) in [6, 6.07) is 16.6. The highest BCUT2D eigenvalue weighted by Gasteiger charge is 2.13. The van der Waals surface area contributed by atoms with Gasteiger partial charge in [-0.05, 0) is 36.6 Å². The van der Waals surface area contributed by atoms with Gasteiger partial charge in [0.25, 0.3) is 0 Å². The van der Waals surface area contributed by atoms with Crippen LogP contribution in [-0.2, 0) is 17.8 Å². The Bertz CT molecular complexity index is 613. The highest BCUT2D eigenvalue weighted by atomic mass is 16.5. The van der Waals surface area contributed by atoms with Crippen LogP contribution in [0, 0.1) is 0 Å². The van der Waals surface area contributed by atoms with E-state index in [1.807, 2.05) is 61.5 Å². The van der Waals surface area contributed by atoms with Crippen LogP contribution in [0.15, 0.2) is 54.6 Å². The highest BCUT2D eigenvalue weighted by Crippen LogP contribution is 2.13. The molecule has 5 nitrogen and oxygen atoms in total. The van der Waals surface area contributed by atoms with Crippen LogP contribution in [0.2, 0.25) is 0 Å². The van der Waals surface area contributed by atoms with Crippen molar-refractivity contribution >= 4 is 6.09 Å². The first-order chi connectivity index (χ1) is 11.7. The minimum atomic E-state index is -0.538. The fourth-order valence-electron chi connectivity index (χ4n) is 2.27. The maximum absolute atomic E-state index is 11.9. The highest BCUT2D eigenvalue weighted by molar-refractivity contribution is 5.67. The van der Waals surface area contributed by atoms with Crippen molar-refractivity contribution in [2.24, 2.45) is 0 Å². The van der Waals surface area contributed by atoms with Crippen LogP contribution in [0.25, 0.3) is 0 Å². The summed E-state index contributed by atoms with van der Waals surface area (Å²) in [7, 11) is 0. The molecule has 2 rings (SSSR count). The summed E-state index contributed by atoms with van der Waals surface area (Å²) < 4.78 is 10.6. The molecule has 2 aromatic rings. The second-order valence-corrected chi connectivity index (χ2v) is 5.37. The number of carbonyl (C=O) groups excluding carboxylic acids is 1. The SMILES string of the molecule is CCOc1ccc(C[C@@H](CO)NC(=O)OCc2ccccc2)cc1. The maximum atomic E-state index is 11.9. The second kappa shape index (κ2) is 9.57. The monoisotopic (exact) mass is 329 g/mol. The third-order valence-corrected chi connectivity index (χ3v) is 3.47. The first-order valence-electron chi connectivity index (χ1n) is 8.01. The van der Waals surface area contributed by atoms with Crippen molar-refractivity contribution in [3.8, 4) is 5.75 Å². The van der Waals surface area contributed by atoms with Gasteiger partial charge in [-0.2, -0.15) is 0 Å². The van der Waals surface area contributed by atoms with Crippen LogP contribution in [0.4, 0.5) is 4.79 Å². The number of hydrogen-bond acceptors (Lipinski definition) is 4. The van der Waals surface area contributed by atoms with E-state index in [0.29, 0.717) is 13.0 Å². The summed E-state index contributed by atoms with van der Waals surface area (Å²) in [5, 5.41) is 12.1. The van der Waals surface area contributed by atoms with Gasteiger partial charge in [0.1, 0.15) is 12.4 Å². The molecule has 0 aliphatic rings. The standard InChI is InChI=1S/C19H23NO4/c1-2-23-18-10-8-15(9-11-18)12-17(13-21)20-19(22)24-14-16-6-4-3-5-7-16/h3-11,17,21H,2,12-14H2,1H3,(H,20,22)/t17-/m0/s1. The molecule has 24 heavy (non-hydrogen) atoms. The maximum Gasteiger partial charge on any atom is 0.407 e. The largest absolute Gasteiger partial charge is 0.494 e. The van der Waals surface area contributed by atoms with Gasteiger partial charge in [-0.25, -0.2) is 4.79 Å². The van der Waals surface area contributed by atoms with Gasteiger partial charge < -0.3 is 19.9 Å². The Morgan fingerprint density at radius 1 is 1.08 bits per heavy atom. The quantitative estimate of drug-likeness (QED) is 0.781. The third kappa shape index (κ3) is 5.93. The summed E-state index contributed by atoms with van der Waals surface area (Å²) in [5.74, 6) is 0.803. The molecule has 0 spiro atoms. The fraction of sp³-hybridized carbons (Fsp3) is 0.316. The number of ether oxygens (including phenoxy) is 2. The number of alkyl carbamates (subject to hydrolysis) is 1. The Hall–Kier alpha value is -2.53. The van der Waals surface area contributed by atoms with Gasteiger partial charge in [-0.15, -0.1) is 0 Å². The van der Waals surface area contributed by atoms with Crippen molar-refractivity contribution in [2.75, 3.05) is 13.2 Å². The van der Waals surface area contributed by atoms with Gasteiger partial charge in [0.05, 0.1) is 19.3 Å². The second-order valence-electron chi connectivity index (χ2n) is 5.37. The molecular formula is C19H23NO4. The summed E-state index contributed by atoms with van der Waals surface area (Å²) in [6.45, 7) is 2.59. The third-order valence-electron chi connectivity index (χ3n) is 3.47. The number of hydrogen-bond donors (Lipinski definition) is 2. The Morgan fingerprint density at radius 2 is 1.79 bits per heavy atom. The molecule has 2 aromatic carbocycles. The predicted molar refractivity (Wildman–Crippen MR) is 92.0 cm³/mol. The van der Waals surface area contributed by atoms with Crippen LogP contribution < -0.4 is 10.1 Å². The molecule has 0 fully saturated rings. The molecule has 1 atom stereocenters. The smallest absolute Gasteiger partial charge is 0.407 e. The normalized spacial score (nSPS) is 11.6. The van der Waals surface area contributed by atoms with Crippen molar-refractivity contribution in [3.05, 3.63) is 65.7 Å². The van der Waals surface area contributed by atoms with Gasteiger partial charge >= 0.3 is 6.09 Å². The molecule has 0 heterocycles. The fourth-order valence-corrected chi connectivity index (χ4v) is 2.27. The van der Waals surface area contributed by atoms with E-state index >= 15 is 0 Å². The Morgan fingerprint density at radius 3 is 2.42 bits per heavy atom. The zero-order valence-corrected chi connectivity index (χ0v) is 13.8. The van der Waals surface area contributed by atoms with E-state index < -0.39 is 12.1 Å². The summed E-state index contributed by atoms with van der Waals surface area (Å²) in [5.41, 5.74) is 1.92. The summed E-state index contributed by atoms with van der Waals surface area (Å²) in [4.78, 5) is 11.9. The number of rotatable bonds is 8. The van der Waals surface area contributed by atoms with Crippen LogP contribution in [0.3, 0.4) is 0 Å². The van der Waals surface area contributed by atoms with Crippen molar-refractivity contribution in [1.82, 2.24) is 5.32 Å². The molecule has 2 N–H and O–H groups in total. The van der Waals surface area contributed by atoms with E-state index in [4.69, 9.17) is 9.47 Å². The van der Waals surface area contributed by atoms with Gasteiger partial charge in [0.15, 0.2) is 0 Å². The number of nitrogens with one attached hydrogen (secondary N) is 1. The number of benzene rings is 2. The van der Waals surface area contributed by atoms with Crippen LogP contribution >= 0.6 is 0 Å². The molecule has 0 aliphatic heterocycles. The van der Waals surface area contributed by atoms with E-state index in [9.17, 15) is 9.90 Å². The average Bonchev–Trinajstić information content (AvgIpc) is 2.62. The number of aliphatic hydroxyl groups is 1. The van der Waals surface area contributed by atoms with Gasteiger partial charge in [0.2, 0.25) is 0 Å². The predicted octanol–water partition coefficient (Wildman–Crippen LogP) is 2.92. The summed E-state index contributed by atoms with van der Waals surface area (Å²) in [6.07, 6.45) is -0.0209. The molecule has 1 amide bonds. The molecule has 0 radical (unpaired) electrons. The van der Waals surface area contributed by atoms with Crippen LogP contribution in [-0.4, -0.2) is 30.5 Å². The molecule has 0 saturated carbocycles. The molecule has 0 unspecified atom stereocenters. The lowest BCUT2D eigenvalue weighted by molar-refractivity contribution is 0.129. The Labute approximate surface area is 142 Å². The van der Waals surface area contributed by atoms with Gasteiger partial charge in [-0.1, -0.05) is 42.5 Å². The zero-order valence-electron chi connectivity index (χ0n) is 13.8. The number of aliphatic hydroxyl groups excluding tert-OH is 1. The lowest BCUT2D eigenvalue weighted by atomic mass is 10.1. The van der Waals surface area contributed by atoms with Crippen LogP contribution in [0.5, 0.6) is 5.75 Å². The van der Waals surface area contributed by atoms with Crippen molar-refractivity contribution in [3.63, 3.8) is 0 Å². The van der Waals surface area contributed by atoms with E-state index in [1.165, 1.54) is 0 Å². The van der Waals surface area contributed by atoms with E-state index in [2.05, 4.69) is 5.32 Å². The first-order valence-corrected chi connectivity index (χ1v) is 8.01. The van der Waals surface area contributed by atoms with E-state index in [-0.39, 0.29) is 13.2 Å². The molecule has 128 valence electrons. The molecule has 0 saturated heterocycles. The minimum Gasteiger partial charge on any atom is -0.494 e. The van der Waals surface area contributed by atoms with Gasteiger partial charge in [-0.3, -0.25) is 0 Å². The van der Waals surface area contributed by atoms with Crippen molar-refractivity contribution in [1.29, 1.82) is 0 Å². The zero-order chi connectivity index (χ0) is 17.2. The molecule has 0 bridgehead atoms. The first kappa shape index (κ1) is 17.8. The lowest BCUT2D eigenvalue weighted by Crippen LogP contribution is -2.39. The molecule has 5 heteroatoms.